The van der Waals surface area contributed by atoms with Crippen molar-refractivity contribution in [2.24, 2.45) is 0 Å². The second-order valence-electron chi connectivity index (χ2n) is 7.44. The predicted octanol–water partition coefficient (Wildman–Crippen LogP) is 4.44. The number of methoxy groups -OCH3 is 3. The van der Waals surface area contributed by atoms with Crippen LogP contribution in [0.4, 0.5) is 0 Å². The van der Waals surface area contributed by atoms with E-state index < -0.39 is 0 Å². The highest BCUT2D eigenvalue weighted by atomic mass is 35.5. The fraction of sp³-hybridized carbons (Fsp3) is 0.348. The Morgan fingerprint density at radius 3 is 2.22 bits per heavy atom. The van der Waals surface area contributed by atoms with Gasteiger partial charge >= 0.3 is 0 Å². The number of benzene rings is 2. The number of nitrogens with zero attached hydrogens (tertiary/aromatic N) is 3. The van der Waals surface area contributed by atoms with Gasteiger partial charge in [-0.2, -0.15) is 4.98 Å². The molecule has 1 aliphatic heterocycles. The Hall–Kier alpha value is -3.26. The predicted molar refractivity (Wildman–Crippen MR) is 119 cm³/mol. The lowest BCUT2D eigenvalue weighted by molar-refractivity contribution is 0.0703. The third-order valence-corrected chi connectivity index (χ3v) is 5.84. The number of piperidine rings is 1. The molecule has 8 nitrogen and oxygen atoms in total. The van der Waals surface area contributed by atoms with Crippen LogP contribution in [0.2, 0.25) is 5.02 Å². The van der Waals surface area contributed by atoms with E-state index in [4.69, 9.17) is 30.3 Å². The minimum atomic E-state index is -0.0879. The van der Waals surface area contributed by atoms with Crippen molar-refractivity contribution in [1.29, 1.82) is 0 Å². The molecule has 2 heterocycles. The van der Waals surface area contributed by atoms with E-state index in [1.165, 1.54) is 21.3 Å². The smallest absolute Gasteiger partial charge is 0.254 e. The zero-order valence-corrected chi connectivity index (χ0v) is 18.9. The van der Waals surface area contributed by atoms with Gasteiger partial charge in [0.15, 0.2) is 11.5 Å². The standard InChI is InChI=1S/C23H24ClN3O5/c1-29-18-12-16(13-19(30-2)20(18)31-3)23(28)27-10-8-15(9-11-27)22-25-21(26-32-22)14-4-6-17(24)7-5-14/h4-7,12-13,15H,8-11H2,1-3H3. The first kappa shape index (κ1) is 22.0. The molecule has 168 valence electrons. The van der Waals surface area contributed by atoms with Crippen LogP contribution in [0.15, 0.2) is 40.9 Å². The lowest BCUT2D eigenvalue weighted by atomic mass is 9.96. The summed E-state index contributed by atoms with van der Waals surface area (Å²) in [5, 5.41) is 4.75. The first-order valence-corrected chi connectivity index (χ1v) is 10.6. The molecule has 0 saturated carbocycles. The number of carbonyl (C=O) groups excluding carboxylic acids is 1. The summed E-state index contributed by atoms with van der Waals surface area (Å²) < 4.78 is 21.6. The molecule has 3 aromatic rings. The molecule has 1 saturated heterocycles. The summed E-state index contributed by atoms with van der Waals surface area (Å²) in [5.41, 5.74) is 1.33. The average Bonchev–Trinajstić information content (AvgIpc) is 3.33. The van der Waals surface area contributed by atoms with E-state index in [0.29, 0.717) is 52.6 Å². The van der Waals surface area contributed by atoms with Gasteiger partial charge < -0.3 is 23.6 Å². The molecule has 0 bridgehead atoms. The minimum Gasteiger partial charge on any atom is -0.493 e. The maximum atomic E-state index is 13.1. The lowest BCUT2D eigenvalue weighted by Gasteiger charge is -2.30. The Bertz CT molecular complexity index is 1070. The summed E-state index contributed by atoms with van der Waals surface area (Å²) >= 11 is 5.94. The highest BCUT2D eigenvalue weighted by molar-refractivity contribution is 6.30. The highest BCUT2D eigenvalue weighted by Gasteiger charge is 2.29. The topological polar surface area (TPSA) is 86.9 Å². The van der Waals surface area contributed by atoms with Crippen molar-refractivity contribution in [3.63, 3.8) is 0 Å². The molecule has 0 spiro atoms. The van der Waals surface area contributed by atoms with Gasteiger partial charge in [-0.3, -0.25) is 4.79 Å². The summed E-state index contributed by atoms with van der Waals surface area (Å²) in [7, 11) is 4.59. The Morgan fingerprint density at radius 2 is 1.66 bits per heavy atom. The summed E-state index contributed by atoms with van der Waals surface area (Å²) in [4.78, 5) is 19.5. The fourth-order valence-electron chi connectivity index (χ4n) is 3.83. The second kappa shape index (κ2) is 9.48. The zero-order chi connectivity index (χ0) is 22.7. The number of hydrogen-bond donors (Lipinski definition) is 0. The van der Waals surface area contributed by atoms with Gasteiger partial charge in [0.1, 0.15) is 0 Å². The maximum absolute atomic E-state index is 13.1. The monoisotopic (exact) mass is 457 g/mol. The van der Waals surface area contributed by atoms with E-state index in [1.54, 1.807) is 24.3 Å². The van der Waals surface area contributed by atoms with Crippen molar-refractivity contribution in [2.45, 2.75) is 18.8 Å². The number of ether oxygens (including phenoxy) is 3. The van der Waals surface area contributed by atoms with Gasteiger partial charge in [0.25, 0.3) is 5.91 Å². The van der Waals surface area contributed by atoms with E-state index in [2.05, 4.69) is 10.1 Å². The number of likely N-dealkylation sites (tertiary alicyclic amines) is 1. The molecule has 2 aromatic carbocycles. The van der Waals surface area contributed by atoms with E-state index in [1.807, 2.05) is 17.0 Å². The van der Waals surface area contributed by atoms with Crippen molar-refractivity contribution < 1.29 is 23.5 Å². The zero-order valence-electron chi connectivity index (χ0n) is 18.1. The number of rotatable bonds is 6. The van der Waals surface area contributed by atoms with Crippen molar-refractivity contribution in [1.82, 2.24) is 15.0 Å². The van der Waals surface area contributed by atoms with E-state index in [0.717, 1.165) is 18.4 Å². The molecular formula is C23H24ClN3O5. The van der Waals surface area contributed by atoms with Crippen LogP contribution in [0.25, 0.3) is 11.4 Å². The lowest BCUT2D eigenvalue weighted by Crippen LogP contribution is -2.38. The Morgan fingerprint density at radius 1 is 1.03 bits per heavy atom. The Kier molecular flexibility index (Phi) is 6.50. The quantitative estimate of drug-likeness (QED) is 0.540. The molecule has 0 aliphatic carbocycles. The molecule has 0 atom stereocenters. The van der Waals surface area contributed by atoms with Gasteiger partial charge in [-0.25, -0.2) is 0 Å². The third-order valence-electron chi connectivity index (χ3n) is 5.59. The van der Waals surface area contributed by atoms with Crippen LogP contribution in [-0.2, 0) is 0 Å². The molecule has 0 radical (unpaired) electrons. The number of hydrogen-bond acceptors (Lipinski definition) is 7. The number of halogens is 1. The van der Waals surface area contributed by atoms with Crippen LogP contribution in [0.1, 0.15) is 35.0 Å². The van der Waals surface area contributed by atoms with Crippen LogP contribution in [0, 0.1) is 0 Å². The van der Waals surface area contributed by atoms with Gasteiger partial charge in [-0.1, -0.05) is 16.8 Å². The van der Waals surface area contributed by atoms with Gasteiger partial charge in [0.05, 0.1) is 21.3 Å². The van der Waals surface area contributed by atoms with Crippen LogP contribution in [-0.4, -0.2) is 55.4 Å². The third kappa shape index (κ3) is 4.36. The molecule has 0 N–H and O–H groups in total. The summed E-state index contributed by atoms with van der Waals surface area (Å²) in [5.74, 6) is 2.50. The van der Waals surface area contributed by atoms with E-state index >= 15 is 0 Å². The summed E-state index contributed by atoms with van der Waals surface area (Å²) in [6.07, 6.45) is 1.47. The number of carbonyl (C=O) groups is 1. The normalized spacial score (nSPS) is 14.3. The largest absolute Gasteiger partial charge is 0.493 e. The van der Waals surface area contributed by atoms with Crippen molar-refractivity contribution >= 4 is 17.5 Å². The van der Waals surface area contributed by atoms with Crippen LogP contribution in [0.3, 0.4) is 0 Å². The van der Waals surface area contributed by atoms with E-state index in [-0.39, 0.29) is 11.8 Å². The van der Waals surface area contributed by atoms with Crippen LogP contribution in [0.5, 0.6) is 17.2 Å². The molecular weight excluding hydrogens is 434 g/mol. The molecule has 4 rings (SSSR count). The minimum absolute atomic E-state index is 0.0879. The van der Waals surface area contributed by atoms with Gasteiger partial charge in [-0.15, -0.1) is 0 Å². The molecule has 1 aliphatic rings. The van der Waals surface area contributed by atoms with Crippen molar-refractivity contribution in [3.8, 4) is 28.6 Å². The number of aromatic nitrogens is 2. The molecule has 1 aromatic heterocycles. The maximum Gasteiger partial charge on any atom is 0.254 e. The molecule has 1 fully saturated rings. The molecule has 9 heteroatoms. The average molecular weight is 458 g/mol. The van der Waals surface area contributed by atoms with Crippen LogP contribution < -0.4 is 14.2 Å². The van der Waals surface area contributed by atoms with Gasteiger partial charge in [-0.05, 0) is 49.2 Å². The van der Waals surface area contributed by atoms with Gasteiger partial charge in [0.2, 0.25) is 17.5 Å². The molecule has 0 unspecified atom stereocenters. The number of amides is 1. The molecule has 1 amide bonds. The Labute approximate surface area is 191 Å². The first-order valence-electron chi connectivity index (χ1n) is 10.2. The highest BCUT2D eigenvalue weighted by Crippen LogP contribution is 2.39. The van der Waals surface area contributed by atoms with Crippen molar-refractivity contribution in [3.05, 3.63) is 52.9 Å². The summed E-state index contributed by atoms with van der Waals surface area (Å²) in [6, 6.07) is 10.6. The summed E-state index contributed by atoms with van der Waals surface area (Å²) in [6.45, 7) is 1.16. The molecule has 32 heavy (non-hydrogen) atoms. The van der Waals surface area contributed by atoms with E-state index in [9.17, 15) is 4.79 Å². The van der Waals surface area contributed by atoms with Crippen LogP contribution >= 0.6 is 11.6 Å². The first-order chi connectivity index (χ1) is 15.5. The van der Waals surface area contributed by atoms with Gasteiger partial charge in [0, 0.05) is 35.2 Å². The second-order valence-corrected chi connectivity index (χ2v) is 7.88. The van der Waals surface area contributed by atoms with Crippen molar-refractivity contribution in [2.75, 3.05) is 34.4 Å². The fourth-order valence-corrected chi connectivity index (χ4v) is 3.96. The SMILES string of the molecule is COc1cc(C(=O)N2CCC(c3nc(-c4ccc(Cl)cc4)no3)CC2)cc(OC)c1OC. The Balaban J connectivity index is 1.44.